The van der Waals surface area contributed by atoms with Crippen LogP contribution in [0.4, 0.5) is 4.39 Å². The number of benzene rings is 2. The Morgan fingerprint density at radius 2 is 1.95 bits per heavy atom. The number of fused-ring (bicyclic) bond motifs is 1. The Morgan fingerprint density at radius 1 is 1.11 bits per heavy atom. The van der Waals surface area contributed by atoms with Gasteiger partial charge < -0.3 is 4.74 Å². The lowest BCUT2D eigenvalue weighted by Gasteiger charge is -2.11. The maximum Gasteiger partial charge on any atom is 0.167 e. The van der Waals surface area contributed by atoms with Crippen molar-refractivity contribution in [2.45, 2.75) is 25.1 Å². The fraction of sp³-hybridized carbons (Fsp3) is 0.250. The van der Waals surface area contributed by atoms with Gasteiger partial charge in [-0.25, -0.2) is 4.39 Å². The van der Waals surface area contributed by atoms with Gasteiger partial charge in [0.1, 0.15) is 5.75 Å². The van der Waals surface area contributed by atoms with Gasteiger partial charge in [-0.2, -0.15) is 0 Å². The van der Waals surface area contributed by atoms with Crippen LogP contribution in [0, 0.1) is 5.82 Å². The number of hydrogen-bond donors (Lipinski definition) is 0. The largest absolute Gasteiger partial charge is 0.454 e. The molecule has 0 spiro atoms. The highest BCUT2D eigenvalue weighted by Gasteiger charge is 2.14. The molecule has 0 saturated heterocycles. The topological polar surface area (TPSA) is 9.23 Å². The molecule has 3 heteroatoms. The Labute approximate surface area is 117 Å². The number of rotatable bonds is 3. The Balaban J connectivity index is 1.93. The van der Waals surface area contributed by atoms with E-state index in [-0.39, 0.29) is 17.4 Å². The Bertz CT molecular complexity index is 610. The van der Waals surface area contributed by atoms with Gasteiger partial charge in [0.25, 0.3) is 0 Å². The number of para-hydroxylation sites is 1. The lowest BCUT2D eigenvalue weighted by Crippen LogP contribution is -1.94. The zero-order chi connectivity index (χ0) is 13.2. The maximum atomic E-state index is 13.8. The molecule has 0 fully saturated rings. The molecule has 0 saturated carbocycles. The summed E-state index contributed by atoms with van der Waals surface area (Å²) in [6, 6.07) is 10.8. The Hall–Kier alpha value is -1.54. The number of halogens is 2. The average molecular weight is 277 g/mol. The molecule has 0 atom stereocenters. The van der Waals surface area contributed by atoms with Crippen LogP contribution in [0.25, 0.3) is 0 Å². The van der Waals surface area contributed by atoms with E-state index in [1.807, 2.05) is 12.1 Å². The predicted molar refractivity (Wildman–Crippen MR) is 74.5 cm³/mol. The standard InChI is InChI=1S/C16H14ClFO/c17-10-13-5-2-6-15(18)16(13)19-14-8-7-11-3-1-4-12(11)9-14/h2,5-9H,1,3-4,10H2. The summed E-state index contributed by atoms with van der Waals surface area (Å²) in [7, 11) is 0. The molecule has 0 bridgehead atoms. The summed E-state index contributed by atoms with van der Waals surface area (Å²) in [5, 5.41) is 0. The van der Waals surface area contributed by atoms with Crippen molar-refractivity contribution in [3.05, 3.63) is 58.9 Å². The highest BCUT2D eigenvalue weighted by molar-refractivity contribution is 6.17. The number of aryl methyl sites for hydroxylation is 2. The van der Waals surface area contributed by atoms with Crippen LogP contribution < -0.4 is 4.74 Å². The summed E-state index contributed by atoms with van der Waals surface area (Å²) in [6.45, 7) is 0. The molecule has 0 aromatic heterocycles. The highest BCUT2D eigenvalue weighted by atomic mass is 35.5. The molecule has 0 aliphatic heterocycles. The third kappa shape index (κ3) is 2.45. The summed E-state index contributed by atoms with van der Waals surface area (Å²) in [6.07, 6.45) is 3.39. The molecule has 2 aromatic carbocycles. The minimum atomic E-state index is -0.376. The molecule has 0 radical (unpaired) electrons. The van der Waals surface area contributed by atoms with Crippen LogP contribution in [0.2, 0.25) is 0 Å². The van der Waals surface area contributed by atoms with Crippen LogP contribution in [-0.4, -0.2) is 0 Å². The van der Waals surface area contributed by atoms with Gasteiger partial charge in [0, 0.05) is 5.56 Å². The average Bonchev–Trinajstić information content (AvgIpc) is 2.88. The molecule has 1 aliphatic carbocycles. The third-order valence-corrected chi connectivity index (χ3v) is 3.77. The van der Waals surface area contributed by atoms with Crippen LogP contribution in [-0.2, 0) is 18.7 Å². The second-order valence-electron chi connectivity index (χ2n) is 4.75. The van der Waals surface area contributed by atoms with Crippen LogP contribution in [0.5, 0.6) is 11.5 Å². The number of alkyl halides is 1. The minimum Gasteiger partial charge on any atom is -0.454 e. The third-order valence-electron chi connectivity index (χ3n) is 3.48. The molecule has 0 amide bonds. The van der Waals surface area contributed by atoms with Gasteiger partial charge in [0.15, 0.2) is 11.6 Å². The summed E-state index contributed by atoms with van der Waals surface area (Å²) in [4.78, 5) is 0. The quantitative estimate of drug-likeness (QED) is 0.729. The summed E-state index contributed by atoms with van der Waals surface area (Å²) < 4.78 is 19.5. The van der Waals surface area contributed by atoms with Gasteiger partial charge in [-0.1, -0.05) is 18.2 Å². The summed E-state index contributed by atoms with van der Waals surface area (Å²) in [5.41, 5.74) is 3.35. The highest BCUT2D eigenvalue weighted by Crippen LogP contribution is 2.32. The smallest absolute Gasteiger partial charge is 0.167 e. The zero-order valence-corrected chi connectivity index (χ0v) is 11.2. The van der Waals surface area contributed by atoms with Crippen molar-refractivity contribution >= 4 is 11.6 Å². The normalized spacial score (nSPS) is 13.4. The number of hydrogen-bond acceptors (Lipinski definition) is 1. The molecule has 0 unspecified atom stereocenters. The van der Waals surface area contributed by atoms with E-state index in [1.54, 1.807) is 12.1 Å². The summed E-state index contributed by atoms with van der Waals surface area (Å²) >= 11 is 5.82. The fourth-order valence-electron chi connectivity index (χ4n) is 2.50. The van der Waals surface area contributed by atoms with Gasteiger partial charge in [-0.3, -0.25) is 0 Å². The van der Waals surface area contributed by atoms with E-state index in [0.717, 1.165) is 12.8 Å². The van der Waals surface area contributed by atoms with Crippen molar-refractivity contribution in [1.29, 1.82) is 0 Å². The van der Waals surface area contributed by atoms with Gasteiger partial charge in [0.2, 0.25) is 0 Å². The lowest BCUT2D eigenvalue weighted by atomic mass is 10.1. The van der Waals surface area contributed by atoms with Crippen molar-refractivity contribution in [2.75, 3.05) is 0 Å². The molecule has 19 heavy (non-hydrogen) atoms. The molecule has 1 nitrogen and oxygen atoms in total. The lowest BCUT2D eigenvalue weighted by molar-refractivity contribution is 0.437. The van der Waals surface area contributed by atoms with Gasteiger partial charge in [0.05, 0.1) is 5.88 Å². The summed E-state index contributed by atoms with van der Waals surface area (Å²) in [5.74, 6) is 0.768. The Kier molecular flexibility index (Phi) is 3.43. The van der Waals surface area contributed by atoms with Crippen LogP contribution in [0.15, 0.2) is 36.4 Å². The molecule has 2 aromatic rings. The van der Waals surface area contributed by atoms with E-state index in [4.69, 9.17) is 16.3 Å². The first-order valence-electron chi connectivity index (χ1n) is 6.41. The van der Waals surface area contributed by atoms with Crippen molar-refractivity contribution < 1.29 is 9.13 Å². The van der Waals surface area contributed by atoms with Crippen LogP contribution >= 0.6 is 11.6 Å². The monoisotopic (exact) mass is 276 g/mol. The van der Waals surface area contributed by atoms with E-state index < -0.39 is 0 Å². The zero-order valence-electron chi connectivity index (χ0n) is 10.5. The molecule has 1 aliphatic rings. The van der Waals surface area contributed by atoms with Crippen LogP contribution in [0.1, 0.15) is 23.1 Å². The minimum absolute atomic E-state index is 0.232. The van der Waals surface area contributed by atoms with E-state index in [1.165, 1.54) is 23.6 Å². The van der Waals surface area contributed by atoms with Gasteiger partial charge >= 0.3 is 0 Å². The van der Waals surface area contributed by atoms with Crippen molar-refractivity contribution in [2.24, 2.45) is 0 Å². The number of ether oxygens (including phenoxy) is 1. The SMILES string of the molecule is Fc1cccc(CCl)c1Oc1ccc2c(c1)CCC2. The van der Waals surface area contributed by atoms with Crippen molar-refractivity contribution in [3.63, 3.8) is 0 Å². The first-order valence-corrected chi connectivity index (χ1v) is 6.94. The molecule has 3 rings (SSSR count). The molecule has 0 N–H and O–H groups in total. The molecule has 98 valence electrons. The van der Waals surface area contributed by atoms with Crippen LogP contribution in [0.3, 0.4) is 0 Å². The molecular formula is C16H14ClFO. The fourth-order valence-corrected chi connectivity index (χ4v) is 2.71. The first-order chi connectivity index (χ1) is 9.28. The predicted octanol–water partition coefficient (Wildman–Crippen LogP) is 4.85. The van der Waals surface area contributed by atoms with E-state index in [9.17, 15) is 4.39 Å². The van der Waals surface area contributed by atoms with Crippen molar-refractivity contribution in [1.82, 2.24) is 0 Å². The molecule has 0 heterocycles. The van der Waals surface area contributed by atoms with E-state index >= 15 is 0 Å². The van der Waals surface area contributed by atoms with Gasteiger partial charge in [-0.05, 0) is 48.6 Å². The second kappa shape index (κ2) is 5.22. The molecular weight excluding hydrogens is 263 g/mol. The van der Waals surface area contributed by atoms with Gasteiger partial charge in [-0.15, -0.1) is 11.6 Å². The maximum absolute atomic E-state index is 13.8. The second-order valence-corrected chi connectivity index (χ2v) is 5.02. The van der Waals surface area contributed by atoms with Crippen molar-refractivity contribution in [3.8, 4) is 11.5 Å². The Morgan fingerprint density at radius 3 is 2.79 bits per heavy atom. The van der Waals surface area contributed by atoms with E-state index in [0.29, 0.717) is 11.3 Å². The van der Waals surface area contributed by atoms with E-state index in [2.05, 4.69) is 6.07 Å². The first kappa shape index (κ1) is 12.5.